The van der Waals surface area contributed by atoms with Crippen LogP contribution in [-0.4, -0.2) is 25.5 Å². The van der Waals surface area contributed by atoms with Gasteiger partial charge in [0.25, 0.3) is 11.6 Å². The molecule has 0 saturated carbocycles. The van der Waals surface area contributed by atoms with Gasteiger partial charge in [0, 0.05) is 22.3 Å². The predicted octanol–water partition coefficient (Wildman–Crippen LogP) is 3.43. The highest BCUT2D eigenvalue weighted by Gasteiger charge is 2.36. The molecule has 0 unspecified atom stereocenters. The number of hydrogen-bond acceptors (Lipinski definition) is 4. The summed E-state index contributed by atoms with van der Waals surface area (Å²) in [6.07, 6.45) is -5.08. The maximum Gasteiger partial charge on any atom is 0.453 e. The SMILES string of the molecule is Cc1cc(NC(=O)Cc2c(F)cccc2Cl)nc2nc(C(F)(F)F)nn12. The fourth-order valence-electron chi connectivity index (χ4n) is 2.24. The Morgan fingerprint density at radius 2 is 2.04 bits per heavy atom. The first-order chi connectivity index (χ1) is 12.1. The Bertz CT molecular complexity index is 981. The molecule has 136 valence electrons. The first kappa shape index (κ1) is 18.1. The highest BCUT2D eigenvalue weighted by molar-refractivity contribution is 6.31. The Morgan fingerprint density at radius 3 is 2.69 bits per heavy atom. The van der Waals surface area contributed by atoms with Gasteiger partial charge < -0.3 is 5.32 Å². The average molecular weight is 388 g/mol. The molecule has 11 heteroatoms. The molecule has 0 fully saturated rings. The summed E-state index contributed by atoms with van der Waals surface area (Å²) in [7, 11) is 0. The van der Waals surface area contributed by atoms with E-state index in [0.29, 0.717) is 0 Å². The van der Waals surface area contributed by atoms with Crippen molar-refractivity contribution in [2.75, 3.05) is 5.32 Å². The number of hydrogen-bond donors (Lipinski definition) is 1. The number of fused-ring (bicyclic) bond motifs is 1. The van der Waals surface area contributed by atoms with Gasteiger partial charge in [-0.3, -0.25) is 4.79 Å². The lowest BCUT2D eigenvalue weighted by Crippen LogP contribution is -2.17. The van der Waals surface area contributed by atoms with Gasteiger partial charge in [0.15, 0.2) is 0 Å². The van der Waals surface area contributed by atoms with Crippen LogP contribution in [0, 0.1) is 12.7 Å². The van der Waals surface area contributed by atoms with Crippen LogP contribution in [0.2, 0.25) is 5.02 Å². The van der Waals surface area contributed by atoms with Crippen LogP contribution in [0.3, 0.4) is 0 Å². The van der Waals surface area contributed by atoms with Crippen LogP contribution < -0.4 is 5.32 Å². The molecule has 0 saturated heterocycles. The molecule has 0 spiro atoms. The van der Waals surface area contributed by atoms with Gasteiger partial charge in [-0.1, -0.05) is 17.7 Å². The van der Waals surface area contributed by atoms with Crippen LogP contribution in [0.4, 0.5) is 23.4 Å². The number of alkyl halides is 3. The minimum absolute atomic E-state index is 0.00584. The number of carbonyl (C=O) groups is 1. The normalized spacial score (nSPS) is 11.8. The zero-order chi connectivity index (χ0) is 19.1. The van der Waals surface area contributed by atoms with E-state index >= 15 is 0 Å². The molecule has 26 heavy (non-hydrogen) atoms. The minimum Gasteiger partial charge on any atom is -0.310 e. The monoisotopic (exact) mass is 387 g/mol. The fraction of sp³-hybridized carbons (Fsp3) is 0.200. The van der Waals surface area contributed by atoms with Crippen LogP contribution in [0.15, 0.2) is 24.3 Å². The summed E-state index contributed by atoms with van der Waals surface area (Å²) in [5.74, 6) is -2.97. The topological polar surface area (TPSA) is 72.2 Å². The summed E-state index contributed by atoms with van der Waals surface area (Å²) in [6, 6.07) is 5.33. The molecular formula is C15H10ClF4N5O. The molecule has 3 aromatic rings. The highest BCUT2D eigenvalue weighted by Crippen LogP contribution is 2.27. The van der Waals surface area contributed by atoms with Gasteiger partial charge in [-0.05, 0) is 19.1 Å². The van der Waals surface area contributed by atoms with Crippen molar-refractivity contribution >= 4 is 29.1 Å². The van der Waals surface area contributed by atoms with Gasteiger partial charge in [-0.25, -0.2) is 8.91 Å². The van der Waals surface area contributed by atoms with Gasteiger partial charge in [-0.2, -0.15) is 23.1 Å². The van der Waals surface area contributed by atoms with Crippen molar-refractivity contribution in [2.24, 2.45) is 0 Å². The lowest BCUT2D eigenvalue weighted by atomic mass is 10.1. The largest absolute Gasteiger partial charge is 0.453 e. The van der Waals surface area contributed by atoms with Gasteiger partial charge in [0.05, 0.1) is 6.42 Å². The lowest BCUT2D eigenvalue weighted by Gasteiger charge is -2.08. The van der Waals surface area contributed by atoms with E-state index in [1.807, 2.05) is 0 Å². The summed E-state index contributed by atoms with van der Waals surface area (Å²) in [5, 5.41) is 5.81. The maximum atomic E-state index is 13.7. The van der Waals surface area contributed by atoms with Crippen molar-refractivity contribution in [3.05, 3.63) is 52.2 Å². The number of anilines is 1. The lowest BCUT2D eigenvalue weighted by molar-refractivity contribution is -0.144. The van der Waals surface area contributed by atoms with Crippen molar-refractivity contribution < 1.29 is 22.4 Å². The van der Waals surface area contributed by atoms with Crippen LogP contribution in [0.1, 0.15) is 17.1 Å². The second kappa shape index (κ2) is 6.52. The number of carbonyl (C=O) groups excluding carboxylic acids is 1. The van der Waals surface area contributed by atoms with Gasteiger partial charge in [0.2, 0.25) is 5.91 Å². The van der Waals surface area contributed by atoms with Gasteiger partial charge >= 0.3 is 6.18 Å². The summed E-state index contributed by atoms with van der Waals surface area (Å²) >= 11 is 5.86. The van der Waals surface area contributed by atoms with Crippen LogP contribution in [0.5, 0.6) is 0 Å². The molecule has 1 aromatic carbocycles. The number of amides is 1. The van der Waals surface area contributed by atoms with Crippen molar-refractivity contribution in [1.29, 1.82) is 0 Å². The highest BCUT2D eigenvalue weighted by atomic mass is 35.5. The minimum atomic E-state index is -4.72. The Morgan fingerprint density at radius 1 is 1.31 bits per heavy atom. The average Bonchev–Trinajstić information content (AvgIpc) is 2.96. The molecule has 0 radical (unpaired) electrons. The van der Waals surface area contributed by atoms with Gasteiger partial charge in [-0.15, -0.1) is 5.10 Å². The number of aryl methyl sites for hydroxylation is 1. The quantitative estimate of drug-likeness (QED) is 0.699. The Balaban J connectivity index is 1.85. The Hall–Kier alpha value is -2.75. The summed E-state index contributed by atoms with van der Waals surface area (Å²) < 4.78 is 52.7. The standard InChI is InChI=1S/C15H10ClF4N5O/c1-7-5-11(22-14-23-13(15(18,19)20)24-25(7)14)21-12(26)6-8-9(16)3-2-4-10(8)17/h2-5H,6H2,1H3,(H,21,22,23,24,26). The third kappa shape index (κ3) is 3.59. The van der Waals surface area contributed by atoms with E-state index < -0.39 is 23.7 Å². The molecule has 1 N–H and O–H groups in total. The molecule has 3 rings (SSSR count). The van der Waals surface area contributed by atoms with Crippen LogP contribution in [0.25, 0.3) is 5.78 Å². The number of benzene rings is 1. The molecule has 0 aliphatic rings. The van der Waals surface area contributed by atoms with E-state index in [4.69, 9.17) is 11.6 Å². The Kier molecular flexibility index (Phi) is 4.53. The van der Waals surface area contributed by atoms with E-state index in [2.05, 4.69) is 20.4 Å². The van der Waals surface area contributed by atoms with E-state index in [-0.39, 0.29) is 34.3 Å². The number of halogens is 5. The number of rotatable bonds is 3. The Labute approximate surface area is 148 Å². The van der Waals surface area contributed by atoms with Crippen LogP contribution >= 0.6 is 11.6 Å². The number of nitrogens with zero attached hydrogens (tertiary/aromatic N) is 4. The molecule has 0 atom stereocenters. The fourth-order valence-corrected chi connectivity index (χ4v) is 2.47. The van der Waals surface area contributed by atoms with Crippen molar-refractivity contribution in [1.82, 2.24) is 19.6 Å². The molecule has 0 aliphatic heterocycles. The first-order valence-electron chi connectivity index (χ1n) is 7.19. The van der Waals surface area contributed by atoms with E-state index in [9.17, 15) is 22.4 Å². The molecule has 2 aromatic heterocycles. The summed E-state index contributed by atoms with van der Waals surface area (Å²) in [6.45, 7) is 1.48. The molecule has 6 nitrogen and oxygen atoms in total. The molecule has 0 aliphatic carbocycles. The summed E-state index contributed by atoms with van der Waals surface area (Å²) in [5.41, 5.74) is 0.281. The predicted molar refractivity (Wildman–Crippen MR) is 84.3 cm³/mol. The second-order valence-corrected chi connectivity index (χ2v) is 5.76. The summed E-state index contributed by atoms with van der Waals surface area (Å²) in [4.78, 5) is 19.2. The third-order valence-electron chi connectivity index (χ3n) is 3.41. The van der Waals surface area contributed by atoms with Crippen molar-refractivity contribution in [3.8, 4) is 0 Å². The third-order valence-corrected chi connectivity index (χ3v) is 3.76. The second-order valence-electron chi connectivity index (χ2n) is 5.35. The van der Waals surface area contributed by atoms with E-state index in [1.165, 1.54) is 25.1 Å². The smallest absolute Gasteiger partial charge is 0.310 e. The maximum absolute atomic E-state index is 13.7. The number of nitrogens with one attached hydrogen (secondary N) is 1. The van der Waals surface area contributed by atoms with E-state index in [0.717, 1.165) is 10.6 Å². The molecule has 2 heterocycles. The molecular weight excluding hydrogens is 378 g/mol. The van der Waals surface area contributed by atoms with Gasteiger partial charge in [0.1, 0.15) is 11.6 Å². The molecule has 1 amide bonds. The van der Waals surface area contributed by atoms with Crippen molar-refractivity contribution in [3.63, 3.8) is 0 Å². The molecule has 0 bridgehead atoms. The number of aromatic nitrogens is 4. The van der Waals surface area contributed by atoms with E-state index in [1.54, 1.807) is 0 Å². The first-order valence-corrected chi connectivity index (χ1v) is 7.57. The zero-order valence-electron chi connectivity index (χ0n) is 13.1. The van der Waals surface area contributed by atoms with Crippen molar-refractivity contribution in [2.45, 2.75) is 19.5 Å². The zero-order valence-corrected chi connectivity index (χ0v) is 13.9. The van der Waals surface area contributed by atoms with Crippen LogP contribution in [-0.2, 0) is 17.4 Å².